The molecule has 1 aliphatic heterocycles. The smallest absolute Gasteiger partial charge is 0.254 e. The minimum absolute atomic E-state index is 0.0954. The number of hydrogen-bond donors (Lipinski definition) is 1. The van der Waals surface area contributed by atoms with Gasteiger partial charge in [-0.25, -0.2) is 4.39 Å². The molecule has 2 aromatic rings. The first-order chi connectivity index (χ1) is 14.4. The highest BCUT2D eigenvalue weighted by Crippen LogP contribution is 2.30. The van der Waals surface area contributed by atoms with Gasteiger partial charge in [-0.15, -0.1) is 0 Å². The van der Waals surface area contributed by atoms with Gasteiger partial charge in [0.1, 0.15) is 17.3 Å². The molecule has 0 spiro atoms. The van der Waals surface area contributed by atoms with Crippen LogP contribution >= 0.6 is 0 Å². The van der Waals surface area contributed by atoms with Crippen molar-refractivity contribution in [2.75, 3.05) is 52.3 Å². The van der Waals surface area contributed by atoms with Crippen molar-refractivity contribution in [2.45, 2.75) is 6.92 Å². The fourth-order valence-electron chi connectivity index (χ4n) is 3.44. The molecule has 1 heterocycles. The Morgan fingerprint density at radius 2 is 1.57 bits per heavy atom. The van der Waals surface area contributed by atoms with Gasteiger partial charge >= 0.3 is 0 Å². The number of methoxy groups -OCH3 is 2. The van der Waals surface area contributed by atoms with E-state index < -0.39 is 0 Å². The second kappa shape index (κ2) is 9.58. The summed E-state index contributed by atoms with van der Waals surface area (Å²) in [5.74, 6) is 0.594. The molecule has 0 atom stereocenters. The molecule has 1 fully saturated rings. The summed E-state index contributed by atoms with van der Waals surface area (Å²) >= 11 is 0. The molecular weight excluding hydrogens is 389 g/mol. The van der Waals surface area contributed by atoms with E-state index in [1.165, 1.54) is 24.3 Å². The van der Waals surface area contributed by atoms with Gasteiger partial charge in [-0.1, -0.05) is 0 Å². The second-order valence-electron chi connectivity index (χ2n) is 7.13. The molecule has 0 bridgehead atoms. The SMILES string of the molecule is COc1cc(C(=O)N2CCN(CC(=O)Nc3ccc(F)cc3)CC2)cc(OC)c1C. The molecule has 2 amide bonds. The van der Waals surface area contributed by atoms with Crippen LogP contribution in [0.2, 0.25) is 0 Å². The third kappa shape index (κ3) is 5.07. The monoisotopic (exact) mass is 415 g/mol. The van der Waals surface area contributed by atoms with Gasteiger partial charge in [-0.3, -0.25) is 14.5 Å². The van der Waals surface area contributed by atoms with Crippen LogP contribution in [-0.2, 0) is 4.79 Å². The van der Waals surface area contributed by atoms with E-state index in [-0.39, 0.29) is 24.2 Å². The van der Waals surface area contributed by atoms with E-state index in [1.54, 1.807) is 31.3 Å². The van der Waals surface area contributed by atoms with Crippen LogP contribution in [-0.4, -0.2) is 68.6 Å². The number of nitrogens with zero attached hydrogens (tertiary/aromatic N) is 2. The number of nitrogens with one attached hydrogen (secondary N) is 1. The molecule has 2 aromatic carbocycles. The van der Waals surface area contributed by atoms with Crippen LogP contribution in [0.25, 0.3) is 0 Å². The molecule has 0 saturated carbocycles. The average Bonchev–Trinajstić information content (AvgIpc) is 2.75. The number of rotatable bonds is 6. The van der Waals surface area contributed by atoms with Crippen molar-refractivity contribution >= 4 is 17.5 Å². The minimum Gasteiger partial charge on any atom is -0.496 e. The lowest BCUT2D eigenvalue weighted by Gasteiger charge is -2.34. The summed E-state index contributed by atoms with van der Waals surface area (Å²) in [4.78, 5) is 28.9. The van der Waals surface area contributed by atoms with Crippen LogP contribution in [0, 0.1) is 12.7 Å². The number of hydrogen-bond acceptors (Lipinski definition) is 5. The Morgan fingerprint density at radius 3 is 2.10 bits per heavy atom. The molecule has 3 rings (SSSR count). The Hall–Kier alpha value is -3.13. The van der Waals surface area contributed by atoms with Crippen LogP contribution in [0.15, 0.2) is 36.4 Å². The lowest BCUT2D eigenvalue weighted by molar-refractivity contribution is -0.117. The van der Waals surface area contributed by atoms with Gasteiger partial charge in [-0.05, 0) is 43.3 Å². The number of piperazine rings is 1. The highest BCUT2D eigenvalue weighted by Gasteiger charge is 2.24. The zero-order valence-corrected chi connectivity index (χ0v) is 17.4. The maximum Gasteiger partial charge on any atom is 0.254 e. The fourth-order valence-corrected chi connectivity index (χ4v) is 3.44. The fraction of sp³-hybridized carbons (Fsp3) is 0.364. The minimum atomic E-state index is -0.349. The predicted molar refractivity (Wildman–Crippen MR) is 112 cm³/mol. The Balaban J connectivity index is 1.55. The zero-order valence-electron chi connectivity index (χ0n) is 17.4. The predicted octanol–water partition coefficient (Wildman–Crippen LogP) is 2.55. The van der Waals surface area contributed by atoms with Crippen molar-refractivity contribution in [2.24, 2.45) is 0 Å². The number of carbonyl (C=O) groups excluding carboxylic acids is 2. The number of benzene rings is 2. The lowest BCUT2D eigenvalue weighted by Crippen LogP contribution is -2.50. The Morgan fingerprint density at radius 1 is 1.00 bits per heavy atom. The van der Waals surface area contributed by atoms with Gasteiger partial charge in [0.05, 0.1) is 20.8 Å². The number of ether oxygens (including phenoxy) is 2. The Bertz CT molecular complexity index is 884. The molecule has 0 aromatic heterocycles. The van der Waals surface area contributed by atoms with Gasteiger partial charge in [0.25, 0.3) is 5.91 Å². The summed E-state index contributed by atoms with van der Waals surface area (Å²) in [5, 5.41) is 2.75. The highest BCUT2D eigenvalue weighted by atomic mass is 19.1. The van der Waals surface area contributed by atoms with E-state index in [9.17, 15) is 14.0 Å². The van der Waals surface area contributed by atoms with Crippen molar-refractivity contribution in [3.05, 3.63) is 53.3 Å². The molecule has 30 heavy (non-hydrogen) atoms. The van der Waals surface area contributed by atoms with Crippen molar-refractivity contribution in [3.63, 3.8) is 0 Å². The normalized spacial score (nSPS) is 14.3. The largest absolute Gasteiger partial charge is 0.496 e. The van der Waals surface area contributed by atoms with E-state index in [0.29, 0.717) is 48.9 Å². The molecule has 0 radical (unpaired) electrons. The quantitative estimate of drug-likeness (QED) is 0.785. The molecule has 1 N–H and O–H groups in total. The van der Waals surface area contributed by atoms with Crippen LogP contribution < -0.4 is 14.8 Å². The van der Waals surface area contributed by atoms with Gasteiger partial charge in [0, 0.05) is 43.0 Å². The standard InChI is InChI=1S/C22H26FN3O4/c1-15-19(29-2)12-16(13-20(15)30-3)22(28)26-10-8-25(9-11-26)14-21(27)24-18-6-4-17(23)5-7-18/h4-7,12-13H,8-11,14H2,1-3H3,(H,24,27). The van der Waals surface area contributed by atoms with Gasteiger partial charge in [0.15, 0.2) is 0 Å². The van der Waals surface area contributed by atoms with E-state index >= 15 is 0 Å². The first-order valence-corrected chi connectivity index (χ1v) is 9.71. The van der Waals surface area contributed by atoms with E-state index in [0.717, 1.165) is 5.56 Å². The molecule has 160 valence electrons. The highest BCUT2D eigenvalue weighted by molar-refractivity contribution is 5.95. The molecule has 1 aliphatic rings. The molecular formula is C22H26FN3O4. The van der Waals surface area contributed by atoms with Gasteiger partial charge in [0.2, 0.25) is 5.91 Å². The summed E-state index contributed by atoms with van der Waals surface area (Å²) in [7, 11) is 3.12. The molecule has 1 saturated heterocycles. The van der Waals surface area contributed by atoms with Crippen LogP contribution in [0.1, 0.15) is 15.9 Å². The lowest BCUT2D eigenvalue weighted by atomic mass is 10.1. The van der Waals surface area contributed by atoms with Crippen molar-refractivity contribution in [1.82, 2.24) is 9.80 Å². The maximum absolute atomic E-state index is 13.0. The first-order valence-electron chi connectivity index (χ1n) is 9.71. The van der Waals surface area contributed by atoms with E-state index in [4.69, 9.17) is 9.47 Å². The molecule has 7 nitrogen and oxygen atoms in total. The topological polar surface area (TPSA) is 71.1 Å². The van der Waals surface area contributed by atoms with Gasteiger partial charge < -0.3 is 19.7 Å². The summed E-state index contributed by atoms with van der Waals surface area (Å²) in [6, 6.07) is 9.09. The number of anilines is 1. The summed E-state index contributed by atoms with van der Waals surface area (Å²) in [6.07, 6.45) is 0. The Kier molecular flexibility index (Phi) is 6.89. The first kappa shape index (κ1) is 21.6. The zero-order chi connectivity index (χ0) is 21.7. The summed E-state index contributed by atoms with van der Waals surface area (Å²) < 4.78 is 23.7. The molecule has 0 unspecified atom stereocenters. The van der Waals surface area contributed by atoms with Crippen LogP contribution in [0.3, 0.4) is 0 Å². The van der Waals surface area contributed by atoms with Crippen molar-refractivity contribution in [3.8, 4) is 11.5 Å². The third-order valence-electron chi connectivity index (χ3n) is 5.15. The van der Waals surface area contributed by atoms with Crippen molar-refractivity contribution in [1.29, 1.82) is 0 Å². The maximum atomic E-state index is 13.0. The van der Waals surface area contributed by atoms with Crippen LogP contribution in [0.5, 0.6) is 11.5 Å². The second-order valence-corrected chi connectivity index (χ2v) is 7.13. The van der Waals surface area contributed by atoms with E-state index in [1.807, 2.05) is 11.8 Å². The van der Waals surface area contributed by atoms with Gasteiger partial charge in [-0.2, -0.15) is 0 Å². The summed E-state index contributed by atoms with van der Waals surface area (Å²) in [5.41, 5.74) is 1.91. The molecule has 8 heteroatoms. The number of amides is 2. The van der Waals surface area contributed by atoms with E-state index in [2.05, 4.69) is 5.32 Å². The molecule has 0 aliphatic carbocycles. The average molecular weight is 415 g/mol. The number of halogens is 1. The third-order valence-corrected chi connectivity index (χ3v) is 5.15. The van der Waals surface area contributed by atoms with Crippen LogP contribution in [0.4, 0.5) is 10.1 Å². The van der Waals surface area contributed by atoms with Crippen molar-refractivity contribution < 1.29 is 23.5 Å². The Labute approximate surface area is 175 Å². The summed E-state index contributed by atoms with van der Waals surface area (Å²) in [6.45, 7) is 4.29. The number of carbonyl (C=O) groups is 2.